The van der Waals surface area contributed by atoms with E-state index in [0.717, 1.165) is 51.1 Å². The van der Waals surface area contributed by atoms with Gasteiger partial charge in [0.2, 0.25) is 0 Å². The predicted octanol–water partition coefficient (Wildman–Crippen LogP) is 20.1. The van der Waals surface area contributed by atoms with Crippen molar-refractivity contribution in [3.8, 4) is 44.9 Å². The van der Waals surface area contributed by atoms with Crippen molar-refractivity contribution in [2.45, 2.75) is 157 Å². The minimum Gasteiger partial charge on any atom is -0.509 e. The Morgan fingerprint density at radius 3 is 1.45 bits per heavy atom. The van der Waals surface area contributed by atoms with E-state index >= 15 is 0 Å². The topological polar surface area (TPSA) is 31.8 Å². The molecule has 4 heterocycles. The van der Waals surface area contributed by atoms with Gasteiger partial charge in [0.15, 0.2) is 0 Å². The van der Waals surface area contributed by atoms with Gasteiger partial charge in [-0.05, 0) is 134 Å². The number of ether oxygens (including phenoxy) is 1. The molecule has 10 aromatic rings. The molecular weight excluding hydrogens is 1300 g/mol. The summed E-state index contributed by atoms with van der Waals surface area (Å²) in [6.07, 6.45) is 1.97. The summed E-state index contributed by atoms with van der Waals surface area (Å²) >= 11 is 0. The standard InChI is InChI=1S/C84H87N4OSi.Pt/c1-79(2,3)56-27-23-26-54(44-56)65-30-25-31-66(55-45-60(83(13,14)15)47-61(46-55)84(16,17)18)78(65)87-53-86(69-32-19-20-33-70(69)87)62-28-24-29-63(51-62)89-64-38-41-76-72(52-64)88(77-50-59(42-43-85-77)82(10,11)12)71-34-21-22-35-75(71)90(76)73-39-36-57(80(4,5)6)48-67(73)68-49-58(81(7,8)9)37-40-74(68)90;/h19-50,53H,1-18H3;/q-3;. The van der Waals surface area contributed by atoms with E-state index in [0.29, 0.717) is 11.5 Å². The van der Waals surface area contributed by atoms with Gasteiger partial charge in [-0.1, -0.05) is 258 Å². The van der Waals surface area contributed by atoms with E-state index in [4.69, 9.17) is 9.72 Å². The van der Waals surface area contributed by atoms with Crippen LogP contribution < -0.4 is 40.2 Å². The zero-order valence-corrected chi connectivity index (χ0v) is 59.8. The van der Waals surface area contributed by atoms with Gasteiger partial charge in [0.05, 0.1) is 0 Å². The molecule has 466 valence electrons. The normalized spacial score (nSPS) is 14.4. The Morgan fingerprint density at radius 2 is 0.857 bits per heavy atom. The van der Waals surface area contributed by atoms with Gasteiger partial charge in [0.25, 0.3) is 0 Å². The first kappa shape index (κ1) is 63.4. The van der Waals surface area contributed by atoms with Crippen LogP contribution in [0.15, 0.2) is 194 Å². The van der Waals surface area contributed by atoms with Crippen LogP contribution in [0.25, 0.3) is 33.4 Å². The Balaban J connectivity index is 0.00000800. The molecule has 7 heteroatoms. The van der Waals surface area contributed by atoms with Gasteiger partial charge in [0.1, 0.15) is 13.9 Å². The monoisotopic (exact) mass is 1390 g/mol. The van der Waals surface area contributed by atoms with Crippen molar-refractivity contribution < 1.29 is 25.8 Å². The van der Waals surface area contributed by atoms with Crippen LogP contribution in [0.1, 0.15) is 158 Å². The molecule has 0 fully saturated rings. The molecule has 5 nitrogen and oxygen atoms in total. The predicted molar refractivity (Wildman–Crippen MR) is 384 cm³/mol. The Morgan fingerprint density at radius 1 is 0.374 bits per heavy atom. The minimum absolute atomic E-state index is 0. The molecule has 9 aromatic carbocycles. The summed E-state index contributed by atoms with van der Waals surface area (Å²) in [5, 5.41) is 5.41. The number of fused-ring (bicyclic) bond motifs is 10. The maximum Gasteiger partial charge on any atom is 0.135 e. The molecule has 0 saturated heterocycles. The van der Waals surface area contributed by atoms with E-state index in [1.54, 1.807) is 0 Å². The molecule has 0 unspecified atom stereocenters. The number of nitrogens with zero attached hydrogens (tertiary/aromatic N) is 4. The van der Waals surface area contributed by atoms with Crippen molar-refractivity contribution in [3.63, 3.8) is 0 Å². The fourth-order valence-corrected chi connectivity index (χ4v) is 19.1. The number of benzene rings is 9. The number of anilines is 7. The number of hydrogen-bond donors (Lipinski definition) is 0. The van der Waals surface area contributed by atoms with Gasteiger partial charge < -0.3 is 19.4 Å². The van der Waals surface area contributed by atoms with Crippen LogP contribution in [0.2, 0.25) is 0 Å². The molecule has 3 aliphatic heterocycles. The van der Waals surface area contributed by atoms with E-state index in [-0.39, 0.29) is 53.6 Å². The fourth-order valence-electron chi connectivity index (χ4n) is 13.7. The zero-order valence-electron chi connectivity index (χ0n) is 56.6. The molecule has 91 heavy (non-hydrogen) atoms. The average Bonchev–Trinajstić information content (AvgIpc) is 1.60. The molecule has 0 radical (unpaired) electrons. The summed E-state index contributed by atoms with van der Waals surface area (Å²) in [5.41, 5.74) is 21.0. The minimum atomic E-state index is -3.07. The molecular formula is C84H87N4OPtSi-3. The molecule has 13 rings (SSSR count). The van der Waals surface area contributed by atoms with Crippen LogP contribution >= 0.6 is 0 Å². The largest absolute Gasteiger partial charge is 0.509 e. The Bertz CT molecular complexity index is 4380. The fraction of sp³-hybridized carbons (Fsp3) is 0.286. The molecule has 0 saturated carbocycles. The second kappa shape index (κ2) is 22.5. The number of aromatic nitrogens is 1. The average molecular weight is 1390 g/mol. The van der Waals surface area contributed by atoms with Gasteiger partial charge in [-0.25, -0.2) is 4.98 Å². The van der Waals surface area contributed by atoms with Gasteiger partial charge in [-0.2, -0.15) is 12.1 Å². The van der Waals surface area contributed by atoms with Crippen LogP contribution in [-0.4, -0.2) is 13.1 Å². The van der Waals surface area contributed by atoms with Crippen molar-refractivity contribution in [3.05, 3.63) is 246 Å². The summed E-state index contributed by atoms with van der Waals surface area (Å²) in [7, 11) is -3.07. The van der Waals surface area contributed by atoms with Crippen molar-refractivity contribution in [2.24, 2.45) is 0 Å². The third-order valence-corrected chi connectivity index (χ3v) is 23.9. The van der Waals surface area contributed by atoms with E-state index in [2.05, 4.69) is 340 Å². The second-order valence-electron chi connectivity index (χ2n) is 31.5. The van der Waals surface area contributed by atoms with Crippen molar-refractivity contribution in [1.82, 2.24) is 4.98 Å². The van der Waals surface area contributed by atoms with E-state index in [1.165, 1.54) is 76.4 Å². The first-order chi connectivity index (χ1) is 42.4. The van der Waals surface area contributed by atoms with Crippen molar-refractivity contribution in [1.29, 1.82) is 0 Å². The first-order valence-corrected chi connectivity index (χ1v) is 34.3. The molecule has 0 atom stereocenters. The van der Waals surface area contributed by atoms with E-state index in [1.807, 2.05) is 12.3 Å². The van der Waals surface area contributed by atoms with Crippen LogP contribution in [0.4, 0.5) is 39.9 Å². The third-order valence-electron chi connectivity index (χ3n) is 18.9. The van der Waals surface area contributed by atoms with E-state index < -0.39 is 8.07 Å². The number of rotatable bonds is 7. The Hall–Kier alpha value is -7.76. The maximum absolute atomic E-state index is 7.16. The van der Waals surface area contributed by atoms with Gasteiger partial charge in [-0.15, -0.1) is 47.9 Å². The number of hydrogen-bond acceptors (Lipinski definition) is 5. The molecule has 0 amide bonds. The van der Waals surface area contributed by atoms with Crippen LogP contribution in [0.3, 0.4) is 0 Å². The Kier molecular flexibility index (Phi) is 15.7. The molecule has 3 aliphatic rings. The van der Waals surface area contributed by atoms with Crippen LogP contribution in [-0.2, 0) is 53.6 Å². The molecule has 0 N–H and O–H groups in total. The molecule has 0 aliphatic carbocycles. The summed E-state index contributed by atoms with van der Waals surface area (Å²) < 4.78 is 7.16. The third kappa shape index (κ3) is 11.2. The summed E-state index contributed by atoms with van der Waals surface area (Å²) in [6.45, 7) is 43.8. The second-order valence-corrected chi connectivity index (χ2v) is 35.2. The van der Waals surface area contributed by atoms with Crippen molar-refractivity contribution >= 4 is 68.8 Å². The zero-order chi connectivity index (χ0) is 63.8. The number of pyridine rings is 1. The Labute approximate surface area is 558 Å². The first-order valence-electron chi connectivity index (χ1n) is 32.3. The van der Waals surface area contributed by atoms with Crippen LogP contribution in [0, 0.1) is 18.8 Å². The summed E-state index contributed by atoms with van der Waals surface area (Å²) in [4.78, 5) is 12.2. The summed E-state index contributed by atoms with van der Waals surface area (Å²) in [5.74, 6) is 2.04. The molecule has 1 spiro atoms. The quantitative estimate of drug-likeness (QED) is 0.117. The van der Waals surface area contributed by atoms with Gasteiger partial charge in [-0.3, -0.25) is 0 Å². The van der Waals surface area contributed by atoms with Crippen molar-refractivity contribution in [2.75, 3.05) is 14.7 Å². The molecule has 1 aromatic heterocycles. The van der Waals surface area contributed by atoms with E-state index in [9.17, 15) is 0 Å². The van der Waals surface area contributed by atoms with Gasteiger partial charge >= 0.3 is 0 Å². The van der Waals surface area contributed by atoms with Gasteiger partial charge in [0, 0.05) is 72.6 Å². The van der Waals surface area contributed by atoms with Crippen LogP contribution in [0.5, 0.6) is 11.5 Å². The summed E-state index contributed by atoms with van der Waals surface area (Å²) in [6, 6.07) is 78.8. The SMILES string of the molecule is CC(C)(C)c1cccc(-c2cccc(-c3cc(C(C)(C)C)cc(C(C)(C)C)c3)c2N2[CH-]N(c3[c-]c(Oc4[c-]c5c(cc4)[Si]4(c6ccc(C(C)(C)C)cc6-c6cc(C(C)(C)C)ccc64)c4ccccc4N5c4cc(C(C)(C)C)ccn4)ccc3)c3ccccc32)c1.[Pt]. The smallest absolute Gasteiger partial charge is 0.135 e. The number of para-hydroxylation sites is 4. The molecule has 0 bridgehead atoms. The maximum atomic E-state index is 7.16.